The van der Waals surface area contributed by atoms with Crippen molar-refractivity contribution in [2.24, 2.45) is 17.4 Å². The summed E-state index contributed by atoms with van der Waals surface area (Å²) in [6.45, 7) is 7.67. The lowest BCUT2D eigenvalue weighted by Gasteiger charge is -2.24. The predicted molar refractivity (Wildman–Crippen MR) is 72.5 cm³/mol. The van der Waals surface area contributed by atoms with E-state index < -0.39 is 0 Å². The molecule has 1 aromatic rings. The Hall–Kier alpha value is -1.06. The predicted octanol–water partition coefficient (Wildman–Crippen LogP) is 1.95. The second kappa shape index (κ2) is 6.03. The SMILES string of the molecule is COc1ccc(C(C)C(CN)CN)c(C)c1C. The molecule has 0 amide bonds. The summed E-state index contributed by atoms with van der Waals surface area (Å²) in [5.74, 6) is 1.66. The molecule has 0 aliphatic rings. The Balaban J connectivity index is 3.10. The summed E-state index contributed by atoms with van der Waals surface area (Å²) in [6.07, 6.45) is 0. The molecule has 1 atom stereocenters. The van der Waals surface area contributed by atoms with Crippen molar-refractivity contribution < 1.29 is 4.74 Å². The highest BCUT2D eigenvalue weighted by atomic mass is 16.5. The van der Waals surface area contributed by atoms with Gasteiger partial charge in [-0.3, -0.25) is 0 Å². The van der Waals surface area contributed by atoms with E-state index in [0.29, 0.717) is 24.9 Å². The second-order valence-electron chi connectivity index (χ2n) is 4.63. The minimum absolute atomic E-state index is 0.335. The lowest BCUT2D eigenvalue weighted by atomic mass is 9.84. The minimum atomic E-state index is 0.335. The molecule has 1 aromatic carbocycles. The average Bonchev–Trinajstić information content (AvgIpc) is 2.34. The van der Waals surface area contributed by atoms with Crippen molar-refractivity contribution in [3.05, 3.63) is 28.8 Å². The van der Waals surface area contributed by atoms with Gasteiger partial charge >= 0.3 is 0 Å². The van der Waals surface area contributed by atoms with Crippen LogP contribution in [0.25, 0.3) is 0 Å². The standard InChI is InChI=1S/C14H24N2O/c1-9-10(2)14(17-4)6-5-13(9)11(3)12(7-15)8-16/h5-6,11-12H,7-8,15-16H2,1-4H3. The minimum Gasteiger partial charge on any atom is -0.496 e. The molecule has 0 spiro atoms. The third-order valence-corrected chi connectivity index (χ3v) is 3.80. The summed E-state index contributed by atoms with van der Waals surface area (Å²) in [4.78, 5) is 0. The molecule has 0 saturated carbocycles. The van der Waals surface area contributed by atoms with Crippen LogP contribution in [0.1, 0.15) is 29.5 Å². The Kier molecular flexibility index (Phi) is 4.97. The van der Waals surface area contributed by atoms with Crippen LogP contribution in [0.15, 0.2) is 12.1 Å². The van der Waals surface area contributed by atoms with Crippen molar-refractivity contribution in [1.29, 1.82) is 0 Å². The fourth-order valence-electron chi connectivity index (χ4n) is 2.29. The first kappa shape index (κ1) is 14.0. The third kappa shape index (κ3) is 2.79. The number of ether oxygens (including phenoxy) is 1. The zero-order chi connectivity index (χ0) is 13.0. The fraction of sp³-hybridized carbons (Fsp3) is 0.571. The Morgan fingerprint density at radius 2 is 1.71 bits per heavy atom. The highest BCUT2D eigenvalue weighted by Gasteiger charge is 2.19. The van der Waals surface area contributed by atoms with Crippen LogP contribution in [0.2, 0.25) is 0 Å². The molecule has 3 heteroatoms. The zero-order valence-corrected chi connectivity index (χ0v) is 11.3. The van der Waals surface area contributed by atoms with Crippen LogP contribution in [0.3, 0.4) is 0 Å². The maximum Gasteiger partial charge on any atom is 0.122 e. The number of hydrogen-bond acceptors (Lipinski definition) is 3. The molecule has 17 heavy (non-hydrogen) atoms. The Bertz CT molecular complexity index is 373. The summed E-state index contributed by atoms with van der Waals surface area (Å²) in [5.41, 5.74) is 15.3. The van der Waals surface area contributed by atoms with Crippen molar-refractivity contribution in [1.82, 2.24) is 0 Å². The topological polar surface area (TPSA) is 61.3 Å². The summed E-state index contributed by atoms with van der Waals surface area (Å²) in [5, 5.41) is 0. The highest BCUT2D eigenvalue weighted by Crippen LogP contribution is 2.31. The van der Waals surface area contributed by atoms with Gasteiger partial charge in [-0.15, -0.1) is 0 Å². The van der Waals surface area contributed by atoms with Crippen LogP contribution >= 0.6 is 0 Å². The number of benzene rings is 1. The van der Waals surface area contributed by atoms with Crippen LogP contribution in [0, 0.1) is 19.8 Å². The summed E-state index contributed by atoms with van der Waals surface area (Å²) in [6, 6.07) is 4.16. The van der Waals surface area contributed by atoms with Gasteiger partial charge in [-0.25, -0.2) is 0 Å². The van der Waals surface area contributed by atoms with E-state index in [4.69, 9.17) is 16.2 Å². The second-order valence-corrected chi connectivity index (χ2v) is 4.63. The first-order valence-electron chi connectivity index (χ1n) is 6.11. The first-order valence-corrected chi connectivity index (χ1v) is 6.11. The van der Waals surface area contributed by atoms with E-state index in [0.717, 1.165) is 5.75 Å². The van der Waals surface area contributed by atoms with Gasteiger partial charge in [-0.2, -0.15) is 0 Å². The Labute approximate surface area is 104 Å². The summed E-state index contributed by atoms with van der Waals surface area (Å²) in [7, 11) is 1.70. The van der Waals surface area contributed by atoms with Crippen molar-refractivity contribution in [2.45, 2.75) is 26.7 Å². The third-order valence-electron chi connectivity index (χ3n) is 3.80. The molecule has 3 nitrogen and oxygen atoms in total. The molecule has 1 unspecified atom stereocenters. The molecule has 0 fully saturated rings. The molecule has 0 bridgehead atoms. The maximum absolute atomic E-state index is 5.76. The largest absolute Gasteiger partial charge is 0.496 e. The van der Waals surface area contributed by atoms with Gasteiger partial charge < -0.3 is 16.2 Å². The van der Waals surface area contributed by atoms with Crippen LogP contribution < -0.4 is 16.2 Å². The van der Waals surface area contributed by atoms with Gasteiger partial charge in [0.2, 0.25) is 0 Å². The van der Waals surface area contributed by atoms with Gasteiger partial charge in [0.05, 0.1) is 7.11 Å². The normalized spacial score (nSPS) is 12.9. The number of rotatable bonds is 5. The van der Waals surface area contributed by atoms with Gasteiger partial charge in [0.1, 0.15) is 5.75 Å². The van der Waals surface area contributed by atoms with Crippen LogP contribution in [-0.2, 0) is 0 Å². The van der Waals surface area contributed by atoms with Crippen LogP contribution in [-0.4, -0.2) is 20.2 Å². The van der Waals surface area contributed by atoms with Gasteiger partial charge in [0, 0.05) is 0 Å². The van der Waals surface area contributed by atoms with E-state index in [1.807, 2.05) is 6.07 Å². The van der Waals surface area contributed by atoms with Crippen LogP contribution in [0.5, 0.6) is 5.75 Å². The van der Waals surface area contributed by atoms with Crippen molar-refractivity contribution in [3.63, 3.8) is 0 Å². The lowest BCUT2D eigenvalue weighted by molar-refractivity contribution is 0.410. The quantitative estimate of drug-likeness (QED) is 0.821. The van der Waals surface area contributed by atoms with E-state index in [1.165, 1.54) is 16.7 Å². The van der Waals surface area contributed by atoms with E-state index in [9.17, 15) is 0 Å². The first-order chi connectivity index (χ1) is 8.06. The molecular weight excluding hydrogens is 212 g/mol. The molecular formula is C14H24N2O. The molecule has 1 rings (SSSR count). The van der Waals surface area contributed by atoms with E-state index in [-0.39, 0.29) is 0 Å². The van der Waals surface area contributed by atoms with Crippen molar-refractivity contribution >= 4 is 0 Å². The molecule has 0 saturated heterocycles. The summed E-state index contributed by atoms with van der Waals surface area (Å²) < 4.78 is 5.32. The monoisotopic (exact) mass is 236 g/mol. The van der Waals surface area contributed by atoms with Gasteiger partial charge in [-0.1, -0.05) is 13.0 Å². The molecule has 0 aliphatic heterocycles. The molecule has 0 aliphatic carbocycles. The fourth-order valence-corrected chi connectivity index (χ4v) is 2.29. The van der Waals surface area contributed by atoms with Crippen LogP contribution in [0.4, 0.5) is 0 Å². The zero-order valence-electron chi connectivity index (χ0n) is 11.3. The Morgan fingerprint density at radius 3 is 2.18 bits per heavy atom. The smallest absolute Gasteiger partial charge is 0.122 e. The maximum atomic E-state index is 5.76. The summed E-state index contributed by atoms with van der Waals surface area (Å²) >= 11 is 0. The molecule has 4 N–H and O–H groups in total. The number of methoxy groups -OCH3 is 1. The van der Waals surface area contributed by atoms with E-state index in [1.54, 1.807) is 7.11 Å². The molecule has 0 aromatic heterocycles. The highest BCUT2D eigenvalue weighted by molar-refractivity contribution is 5.45. The molecule has 0 radical (unpaired) electrons. The Morgan fingerprint density at radius 1 is 1.12 bits per heavy atom. The van der Waals surface area contributed by atoms with Crippen molar-refractivity contribution in [3.8, 4) is 5.75 Å². The number of nitrogens with two attached hydrogens (primary N) is 2. The van der Waals surface area contributed by atoms with Gasteiger partial charge in [0.15, 0.2) is 0 Å². The van der Waals surface area contributed by atoms with Crippen molar-refractivity contribution in [2.75, 3.05) is 20.2 Å². The molecule has 0 heterocycles. The van der Waals surface area contributed by atoms with E-state index in [2.05, 4.69) is 26.8 Å². The lowest BCUT2D eigenvalue weighted by Crippen LogP contribution is -2.28. The number of hydrogen-bond donors (Lipinski definition) is 2. The van der Waals surface area contributed by atoms with Gasteiger partial charge in [0.25, 0.3) is 0 Å². The average molecular weight is 236 g/mol. The molecule has 96 valence electrons. The van der Waals surface area contributed by atoms with E-state index >= 15 is 0 Å². The van der Waals surface area contributed by atoms with Gasteiger partial charge in [-0.05, 0) is 61.5 Å².